The number of carbonyl (C=O) groups excluding carboxylic acids is 1. The second-order valence-electron chi connectivity index (χ2n) is 4.15. The topological polar surface area (TPSA) is 47.6 Å². The third kappa shape index (κ3) is 3.60. The van der Waals surface area contributed by atoms with Gasteiger partial charge in [-0.15, -0.1) is 0 Å². The highest BCUT2D eigenvalue weighted by Gasteiger charge is 2.11. The Morgan fingerprint density at radius 3 is 2.29 bits per heavy atom. The predicted molar refractivity (Wildman–Crippen MR) is 84.0 cm³/mol. The summed E-state index contributed by atoms with van der Waals surface area (Å²) in [7, 11) is 3.05. The molecule has 6 heteroatoms. The second-order valence-corrected chi connectivity index (χ2v) is 4.97. The van der Waals surface area contributed by atoms with Crippen molar-refractivity contribution in [2.24, 2.45) is 0 Å². The van der Waals surface area contributed by atoms with Gasteiger partial charge in [0, 0.05) is 11.3 Å². The molecule has 2 aromatic carbocycles. The number of rotatable bonds is 4. The zero-order chi connectivity index (χ0) is 15.4. The fourth-order valence-electron chi connectivity index (χ4n) is 1.75. The number of amides is 1. The molecule has 0 spiro atoms. The van der Waals surface area contributed by atoms with Crippen LogP contribution in [-0.2, 0) is 0 Å². The van der Waals surface area contributed by atoms with Crippen molar-refractivity contribution in [2.75, 3.05) is 19.5 Å². The van der Waals surface area contributed by atoms with Gasteiger partial charge in [0.15, 0.2) is 11.5 Å². The summed E-state index contributed by atoms with van der Waals surface area (Å²) in [5.41, 5.74) is 1.00. The summed E-state index contributed by atoms with van der Waals surface area (Å²) in [6.07, 6.45) is 0. The molecule has 0 aromatic heterocycles. The van der Waals surface area contributed by atoms with Crippen molar-refractivity contribution in [3.8, 4) is 11.5 Å². The summed E-state index contributed by atoms with van der Waals surface area (Å²) in [5.74, 6) is 0.761. The van der Waals surface area contributed by atoms with Crippen LogP contribution in [0.2, 0.25) is 10.0 Å². The molecule has 0 saturated heterocycles. The molecule has 0 aliphatic carbocycles. The van der Waals surface area contributed by atoms with E-state index < -0.39 is 0 Å². The van der Waals surface area contributed by atoms with Gasteiger partial charge >= 0.3 is 0 Å². The van der Waals surface area contributed by atoms with Crippen molar-refractivity contribution < 1.29 is 14.3 Å². The fourth-order valence-corrected chi connectivity index (χ4v) is 2.05. The van der Waals surface area contributed by atoms with E-state index in [1.807, 2.05) is 0 Å². The molecule has 0 heterocycles. The van der Waals surface area contributed by atoms with Crippen molar-refractivity contribution in [3.63, 3.8) is 0 Å². The molecule has 2 aromatic rings. The van der Waals surface area contributed by atoms with E-state index in [1.165, 1.54) is 14.2 Å². The summed E-state index contributed by atoms with van der Waals surface area (Å²) in [5, 5.41) is 3.54. The summed E-state index contributed by atoms with van der Waals surface area (Å²) < 4.78 is 10.3. The van der Waals surface area contributed by atoms with Gasteiger partial charge in [-0.3, -0.25) is 4.79 Å². The second kappa shape index (κ2) is 6.70. The number of nitrogens with one attached hydrogen (secondary N) is 1. The van der Waals surface area contributed by atoms with Crippen LogP contribution in [0.25, 0.3) is 0 Å². The van der Waals surface area contributed by atoms with Crippen LogP contribution >= 0.6 is 23.2 Å². The van der Waals surface area contributed by atoms with Gasteiger partial charge in [-0.05, 0) is 36.4 Å². The minimum atomic E-state index is -0.283. The summed E-state index contributed by atoms with van der Waals surface area (Å²) in [6.45, 7) is 0. The molecule has 0 bridgehead atoms. The first-order valence-corrected chi connectivity index (χ1v) is 6.79. The van der Waals surface area contributed by atoms with E-state index in [4.69, 9.17) is 32.7 Å². The number of hydrogen-bond acceptors (Lipinski definition) is 3. The molecule has 0 aliphatic rings. The van der Waals surface area contributed by atoms with Crippen molar-refractivity contribution in [2.45, 2.75) is 0 Å². The molecule has 0 fully saturated rings. The molecule has 1 amide bonds. The summed E-state index contributed by atoms with van der Waals surface area (Å²) in [4.78, 5) is 12.2. The third-order valence-corrected chi connectivity index (χ3v) is 3.56. The van der Waals surface area contributed by atoms with Crippen LogP contribution in [0.4, 0.5) is 5.69 Å². The molecule has 110 valence electrons. The Bertz CT molecular complexity index is 674. The van der Waals surface area contributed by atoms with Crippen LogP contribution in [0, 0.1) is 0 Å². The molecule has 21 heavy (non-hydrogen) atoms. The molecule has 0 unspecified atom stereocenters. The number of hydrogen-bond donors (Lipinski definition) is 1. The van der Waals surface area contributed by atoms with Crippen molar-refractivity contribution in [1.29, 1.82) is 0 Å². The molecule has 1 N–H and O–H groups in total. The monoisotopic (exact) mass is 325 g/mol. The molecular formula is C15H13Cl2NO3. The number of ether oxygens (including phenoxy) is 2. The lowest BCUT2D eigenvalue weighted by Gasteiger charge is -2.10. The Labute approximate surface area is 132 Å². The first-order valence-electron chi connectivity index (χ1n) is 6.03. The first-order chi connectivity index (χ1) is 10.0. The van der Waals surface area contributed by atoms with Gasteiger partial charge in [-0.1, -0.05) is 23.2 Å². The van der Waals surface area contributed by atoms with Gasteiger partial charge in [-0.25, -0.2) is 0 Å². The van der Waals surface area contributed by atoms with Crippen LogP contribution in [-0.4, -0.2) is 20.1 Å². The lowest BCUT2D eigenvalue weighted by Crippen LogP contribution is -2.12. The Morgan fingerprint density at radius 2 is 1.67 bits per heavy atom. The minimum absolute atomic E-state index is 0.283. The molecule has 0 saturated carbocycles. The van der Waals surface area contributed by atoms with E-state index in [-0.39, 0.29) is 5.91 Å². The first kappa shape index (κ1) is 15.5. The standard InChI is InChI=1S/C15H13Cl2NO3/c1-20-13-6-3-9(7-14(13)21-2)15(19)18-10-4-5-11(16)12(17)8-10/h3-8H,1-2H3,(H,18,19). The minimum Gasteiger partial charge on any atom is -0.493 e. The SMILES string of the molecule is COc1ccc(C(=O)Nc2ccc(Cl)c(Cl)c2)cc1OC. The maximum atomic E-state index is 12.2. The van der Waals surface area contributed by atoms with Gasteiger partial charge in [0.2, 0.25) is 0 Å². The Hall–Kier alpha value is -1.91. The number of methoxy groups -OCH3 is 2. The molecule has 0 atom stereocenters. The van der Waals surface area contributed by atoms with Gasteiger partial charge in [0.05, 0.1) is 24.3 Å². The maximum Gasteiger partial charge on any atom is 0.255 e. The van der Waals surface area contributed by atoms with Gasteiger partial charge in [0.1, 0.15) is 0 Å². The third-order valence-electron chi connectivity index (χ3n) is 2.82. The van der Waals surface area contributed by atoms with Crippen LogP contribution in [0.5, 0.6) is 11.5 Å². The molecule has 4 nitrogen and oxygen atoms in total. The fraction of sp³-hybridized carbons (Fsp3) is 0.133. The van der Waals surface area contributed by atoms with Gasteiger partial charge < -0.3 is 14.8 Å². The average Bonchev–Trinajstić information content (AvgIpc) is 2.50. The smallest absolute Gasteiger partial charge is 0.255 e. The molecule has 2 rings (SSSR count). The highest BCUT2D eigenvalue weighted by molar-refractivity contribution is 6.42. The molecule has 0 aliphatic heterocycles. The summed E-state index contributed by atoms with van der Waals surface area (Å²) in [6, 6.07) is 9.80. The maximum absolute atomic E-state index is 12.2. The van der Waals surface area contributed by atoms with E-state index in [0.29, 0.717) is 32.8 Å². The van der Waals surface area contributed by atoms with Crippen LogP contribution in [0.1, 0.15) is 10.4 Å². The van der Waals surface area contributed by atoms with E-state index in [2.05, 4.69) is 5.32 Å². The number of halogens is 2. The normalized spacial score (nSPS) is 10.1. The highest BCUT2D eigenvalue weighted by atomic mass is 35.5. The van der Waals surface area contributed by atoms with Crippen molar-refractivity contribution in [3.05, 3.63) is 52.0 Å². The Morgan fingerprint density at radius 1 is 0.952 bits per heavy atom. The van der Waals surface area contributed by atoms with Crippen LogP contribution in [0.15, 0.2) is 36.4 Å². The van der Waals surface area contributed by atoms with Gasteiger partial charge in [-0.2, -0.15) is 0 Å². The number of benzene rings is 2. The Kier molecular flexibility index (Phi) is 4.94. The van der Waals surface area contributed by atoms with E-state index in [9.17, 15) is 4.79 Å². The lowest BCUT2D eigenvalue weighted by atomic mass is 10.2. The summed E-state index contributed by atoms with van der Waals surface area (Å²) >= 11 is 11.7. The molecular weight excluding hydrogens is 313 g/mol. The average molecular weight is 326 g/mol. The van der Waals surface area contributed by atoms with Gasteiger partial charge in [0.25, 0.3) is 5.91 Å². The number of anilines is 1. The number of carbonyl (C=O) groups is 1. The molecule has 0 radical (unpaired) electrons. The highest BCUT2D eigenvalue weighted by Crippen LogP contribution is 2.28. The Balaban J connectivity index is 2.21. The van der Waals surface area contributed by atoms with Crippen LogP contribution in [0.3, 0.4) is 0 Å². The van der Waals surface area contributed by atoms with Crippen molar-refractivity contribution >= 4 is 34.8 Å². The van der Waals surface area contributed by atoms with E-state index in [1.54, 1.807) is 36.4 Å². The van der Waals surface area contributed by atoms with E-state index >= 15 is 0 Å². The quantitative estimate of drug-likeness (QED) is 0.913. The zero-order valence-corrected chi connectivity index (χ0v) is 13.0. The van der Waals surface area contributed by atoms with E-state index in [0.717, 1.165) is 0 Å². The van der Waals surface area contributed by atoms with Crippen LogP contribution < -0.4 is 14.8 Å². The largest absolute Gasteiger partial charge is 0.493 e. The van der Waals surface area contributed by atoms with Crippen molar-refractivity contribution in [1.82, 2.24) is 0 Å². The predicted octanol–water partition coefficient (Wildman–Crippen LogP) is 4.26. The zero-order valence-electron chi connectivity index (χ0n) is 11.4. The lowest BCUT2D eigenvalue weighted by molar-refractivity contribution is 0.102.